The van der Waals surface area contributed by atoms with Crippen molar-refractivity contribution in [2.45, 2.75) is 12.3 Å². The maximum Gasteiger partial charge on any atom is 0.231 e. The normalized spacial score (nSPS) is 17.4. The summed E-state index contributed by atoms with van der Waals surface area (Å²) >= 11 is 3.39. The van der Waals surface area contributed by atoms with Gasteiger partial charge in [0.1, 0.15) is 18.3 Å². The molecule has 1 heterocycles. The zero-order valence-corrected chi connectivity index (χ0v) is 10.9. The van der Waals surface area contributed by atoms with Crippen molar-refractivity contribution in [2.75, 3.05) is 19.8 Å². The zero-order valence-electron chi connectivity index (χ0n) is 9.28. The van der Waals surface area contributed by atoms with E-state index < -0.39 is 0 Å². The van der Waals surface area contributed by atoms with Gasteiger partial charge in [0.2, 0.25) is 5.91 Å². The van der Waals surface area contributed by atoms with Crippen molar-refractivity contribution in [2.24, 2.45) is 0 Å². The summed E-state index contributed by atoms with van der Waals surface area (Å²) in [6.45, 7) is 0.968. The smallest absolute Gasteiger partial charge is 0.231 e. The summed E-state index contributed by atoms with van der Waals surface area (Å²) in [5, 5.41) is 11.4. The Labute approximate surface area is 108 Å². The Morgan fingerprint density at radius 1 is 1.59 bits per heavy atom. The van der Waals surface area contributed by atoms with Gasteiger partial charge in [-0.1, -0.05) is 15.9 Å². The standard InChI is InChI=1S/C12H14BrNO3/c13-8-2-3-11-9(6-8)10(7-17-11)12(16)14-4-1-5-15/h2-3,6,10,15H,1,4-5,7H2,(H,14,16). The number of hydrogen-bond acceptors (Lipinski definition) is 3. The molecule has 1 atom stereocenters. The maximum absolute atomic E-state index is 11.9. The summed E-state index contributed by atoms with van der Waals surface area (Å²) in [7, 11) is 0. The lowest BCUT2D eigenvalue weighted by molar-refractivity contribution is -0.122. The average Bonchev–Trinajstić information content (AvgIpc) is 2.72. The van der Waals surface area contributed by atoms with Gasteiger partial charge >= 0.3 is 0 Å². The maximum atomic E-state index is 11.9. The minimum Gasteiger partial charge on any atom is -0.492 e. The van der Waals surface area contributed by atoms with Gasteiger partial charge in [0.15, 0.2) is 0 Å². The highest BCUT2D eigenvalue weighted by Crippen LogP contribution is 2.35. The fourth-order valence-electron chi connectivity index (χ4n) is 1.82. The molecule has 0 spiro atoms. The van der Waals surface area contributed by atoms with Crippen molar-refractivity contribution in [1.82, 2.24) is 5.32 Å². The van der Waals surface area contributed by atoms with Crippen LogP contribution in [0.1, 0.15) is 17.9 Å². The third kappa shape index (κ3) is 2.79. The average molecular weight is 300 g/mol. The van der Waals surface area contributed by atoms with E-state index in [4.69, 9.17) is 9.84 Å². The molecule has 0 saturated heterocycles. The first-order valence-electron chi connectivity index (χ1n) is 5.53. The Balaban J connectivity index is 2.05. The first-order chi connectivity index (χ1) is 8.22. The second-order valence-corrected chi connectivity index (χ2v) is 4.83. The van der Waals surface area contributed by atoms with Crippen LogP contribution in [-0.2, 0) is 4.79 Å². The van der Waals surface area contributed by atoms with E-state index in [-0.39, 0.29) is 18.4 Å². The van der Waals surface area contributed by atoms with Crippen molar-refractivity contribution >= 4 is 21.8 Å². The van der Waals surface area contributed by atoms with E-state index in [1.807, 2.05) is 18.2 Å². The Morgan fingerprint density at radius 2 is 2.41 bits per heavy atom. The van der Waals surface area contributed by atoms with E-state index in [2.05, 4.69) is 21.2 Å². The van der Waals surface area contributed by atoms with E-state index in [9.17, 15) is 4.79 Å². The van der Waals surface area contributed by atoms with Gasteiger partial charge < -0.3 is 15.2 Å². The highest BCUT2D eigenvalue weighted by Gasteiger charge is 2.30. The van der Waals surface area contributed by atoms with Gasteiger partial charge in [0.05, 0.1) is 0 Å². The highest BCUT2D eigenvalue weighted by atomic mass is 79.9. The molecule has 1 aromatic carbocycles. The van der Waals surface area contributed by atoms with Crippen molar-refractivity contribution in [1.29, 1.82) is 0 Å². The highest BCUT2D eigenvalue weighted by molar-refractivity contribution is 9.10. The third-order valence-corrected chi connectivity index (χ3v) is 3.20. The molecule has 4 nitrogen and oxygen atoms in total. The molecule has 5 heteroatoms. The number of halogens is 1. The minimum absolute atomic E-state index is 0.0460. The summed E-state index contributed by atoms with van der Waals surface area (Å²) in [4.78, 5) is 11.9. The summed E-state index contributed by atoms with van der Waals surface area (Å²) in [5.74, 6) is 0.479. The molecule has 2 N–H and O–H groups in total. The Hall–Kier alpha value is -1.07. The molecule has 1 unspecified atom stereocenters. The second-order valence-electron chi connectivity index (χ2n) is 3.91. The lowest BCUT2D eigenvalue weighted by Crippen LogP contribution is -2.31. The molecule has 0 aliphatic carbocycles. The lowest BCUT2D eigenvalue weighted by atomic mass is 10.0. The summed E-state index contributed by atoms with van der Waals surface area (Å²) < 4.78 is 6.40. The number of aliphatic hydroxyl groups excluding tert-OH is 1. The van der Waals surface area contributed by atoms with E-state index in [1.54, 1.807) is 0 Å². The first-order valence-corrected chi connectivity index (χ1v) is 6.32. The molecule has 0 bridgehead atoms. The van der Waals surface area contributed by atoms with Crippen LogP contribution in [0.4, 0.5) is 0 Å². The first kappa shape index (κ1) is 12.4. The Morgan fingerprint density at radius 3 is 3.18 bits per heavy atom. The Kier molecular flexibility index (Phi) is 4.02. The Bertz CT molecular complexity index is 422. The second kappa shape index (κ2) is 5.51. The molecule has 0 saturated carbocycles. The number of ether oxygens (including phenoxy) is 1. The molecule has 1 aliphatic heterocycles. The third-order valence-electron chi connectivity index (χ3n) is 2.70. The number of fused-ring (bicyclic) bond motifs is 1. The van der Waals surface area contributed by atoms with Crippen LogP contribution in [0.25, 0.3) is 0 Å². The molecule has 1 amide bonds. The number of hydrogen-bond donors (Lipinski definition) is 2. The van der Waals surface area contributed by atoms with Gasteiger partial charge in [-0.15, -0.1) is 0 Å². The predicted molar refractivity (Wildman–Crippen MR) is 67.1 cm³/mol. The number of rotatable bonds is 4. The number of nitrogens with one attached hydrogen (secondary N) is 1. The van der Waals surface area contributed by atoms with Crippen LogP contribution in [0.5, 0.6) is 5.75 Å². The molecular weight excluding hydrogens is 286 g/mol. The molecule has 0 fully saturated rings. The monoisotopic (exact) mass is 299 g/mol. The molecule has 0 aromatic heterocycles. The summed E-state index contributed by atoms with van der Waals surface area (Å²) in [6.07, 6.45) is 0.574. The topological polar surface area (TPSA) is 58.6 Å². The molecule has 0 radical (unpaired) electrons. The zero-order chi connectivity index (χ0) is 12.3. The van der Waals surface area contributed by atoms with Crippen molar-refractivity contribution in [3.05, 3.63) is 28.2 Å². The number of benzene rings is 1. The van der Waals surface area contributed by atoms with Gasteiger partial charge in [-0.05, 0) is 24.6 Å². The van der Waals surface area contributed by atoms with Crippen molar-refractivity contribution in [3.63, 3.8) is 0 Å². The lowest BCUT2D eigenvalue weighted by Gasteiger charge is -2.09. The van der Waals surface area contributed by atoms with Crippen molar-refractivity contribution in [3.8, 4) is 5.75 Å². The SMILES string of the molecule is O=C(NCCCO)C1COc2ccc(Br)cc21. The van der Waals surface area contributed by atoms with Crippen LogP contribution in [0, 0.1) is 0 Å². The molecule has 2 rings (SSSR count). The molecule has 1 aliphatic rings. The summed E-state index contributed by atoms with van der Waals surface area (Å²) in [5.41, 5.74) is 0.917. The number of carbonyl (C=O) groups excluding carboxylic acids is 1. The molecule has 17 heavy (non-hydrogen) atoms. The fraction of sp³-hybridized carbons (Fsp3) is 0.417. The van der Waals surface area contributed by atoms with Crippen LogP contribution in [0.2, 0.25) is 0 Å². The minimum atomic E-state index is -0.249. The van der Waals surface area contributed by atoms with Gasteiger partial charge in [-0.25, -0.2) is 0 Å². The quantitative estimate of drug-likeness (QED) is 0.827. The van der Waals surface area contributed by atoms with Crippen LogP contribution < -0.4 is 10.1 Å². The van der Waals surface area contributed by atoms with E-state index >= 15 is 0 Å². The number of amides is 1. The van der Waals surface area contributed by atoms with Gasteiger partial charge in [0, 0.05) is 23.2 Å². The summed E-state index contributed by atoms with van der Waals surface area (Å²) in [6, 6.07) is 5.67. The van der Waals surface area contributed by atoms with Crippen LogP contribution >= 0.6 is 15.9 Å². The van der Waals surface area contributed by atoms with E-state index in [0.717, 1.165) is 15.8 Å². The molecule has 92 valence electrons. The van der Waals surface area contributed by atoms with Crippen LogP contribution in [0.15, 0.2) is 22.7 Å². The van der Waals surface area contributed by atoms with Crippen LogP contribution in [0.3, 0.4) is 0 Å². The number of carbonyl (C=O) groups is 1. The van der Waals surface area contributed by atoms with Gasteiger partial charge in [0.25, 0.3) is 0 Å². The van der Waals surface area contributed by atoms with E-state index in [1.165, 1.54) is 0 Å². The van der Waals surface area contributed by atoms with Gasteiger partial charge in [-0.3, -0.25) is 4.79 Å². The predicted octanol–water partition coefficient (Wildman–Crippen LogP) is 1.42. The largest absolute Gasteiger partial charge is 0.492 e. The molecular formula is C12H14BrNO3. The van der Waals surface area contributed by atoms with Crippen LogP contribution in [-0.4, -0.2) is 30.8 Å². The van der Waals surface area contributed by atoms with Gasteiger partial charge in [-0.2, -0.15) is 0 Å². The molecule has 1 aromatic rings. The fourth-order valence-corrected chi connectivity index (χ4v) is 2.20. The number of aliphatic hydroxyl groups is 1. The van der Waals surface area contributed by atoms with E-state index in [0.29, 0.717) is 19.6 Å². The van der Waals surface area contributed by atoms with Crippen molar-refractivity contribution < 1.29 is 14.6 Å².